The Morgan fingerprint density at radius 3 is 2.36 bits per heavy atom. The molecule has 0 aliphatic carbocycles. The zero-order valence-corrected chi connectivity index (χ0v) is 14.0. The van der Waals surface area contributed by atoms with Crippen LogP contribution in [0, 0.1) is 0 Å². The number of hydrogen-bond acceptors (Lipinski definition) is 2. The SMILES string of the molecule is O=C(Cc1cccc(Br)c1)N1CCN(c2ccccc2)CC1. The number of piperazine rings is 1. The number of halogens is 1. The molecule has 3 nitrogen and oxygen atoms in total. The van der Waals surface area contributed by atoms with E-state index in [0.717, 1.165) is 36.2 Å². The van der Waals surface area contributed by atoms with Crippen LogP contribution >= 0.6 is 15.9 Å². The first-order chi connectivity index (χ1) is 10.7. The molecule has 1 aliphatic rings. The van der Waals surface area contributed by atoms with Crippen molar-refractivity contribution in [2.45, 2.75) is 6.42 Å². The molecule has 1 fully saturated rings. The largest absolute Gasteiger partial charge is 0.368 e. The third-order valence-electron chi connectivity index (χ3n) is 4.00. The molecule has 0 unspecified atom stereocenters. The number of benzene rings is 2. The summed E-state index contributed by atoms with van der Waals surface area (Å²) in [4.78, 5) is 16.7. The molecule has 0 atom stereocenters. The van der Waals surface area contributed by atoms with Crippen LogP contribution in [0.5, 0.6) is 0 Å². The van der Waals surface area contributed by atoms with Crippen molar-refractivity contribution < 1.29 is 4.79 Å². The molecular weight excluding hydrogens is 340 g/mol. The Bertz CT molecular complexity index is 637. The second-order valence-electron chi connectivity index (χ2n) is 5.51. The van der Waals surface area contributed by atoms with E-state index < -0.39 is 0 Å². The lowest BCUT2D eigenvalue weighted by atomic mass is 10.1. The van der Waals surface area contributed by atoms with Crippen LogP contribution < -0.4 is 4.90 Å². The first-order valence-electron chi connectivity index (χ1n) is 7.54. The van der Waals surface area contributed by atoms with Crippen LogP contribution in [0.25, 0.3) is 0 Å². The summed E-state index contributed by atoms with van der Waals surface area (Å²) in [6, 6.07) is 18.4. The molecule has 0 saturated carbocycles. The quantitative estimate of drug-likeness (QED) is 0.839. The van der Waals surface area contributed by atoms with Gasteiger partial charge in [-0.15, -0.1) is 0 Å². The van der Waals surface area contributed by atoms with Gasteiger partial charge in [0.1, 0.15) is 0 Å². The predicted molar refractivity (Wildman–Crippen MR) is 93.1 cm³/mol. The maximum atomic E-state index is 12.4. The number of anilines is 1. The second kappa shape index (κ2) is 6.97. The fourth-order valence-electron chi connectivity index (χ4n) is 2.79. The number of carbonyl (C=O) groups is 1. The number of rotatable bonds is 3. The minimum Gasteiger partial charge on any atom is -0.368 e. The van der Waals surface area contributed by atoms with Crippen molar-refractivity contribution in [1.29, 1.82) is 0 Å². The average molecular weight is 359 g/mol. The molecule has 2 aromatic rings. The molecule has 0 radical (unpaired) electrons. The van der Waals surface area contributed by atoms with E-state index in [9.17, 15) is 4.79 Å². The Kier molecular flexibility index (Phi) is 4.78. The number of amides is 1. The van der Waals surface area contributed by atoms with Crippen molar-refractivity contribution in [2.24, 2.45) is 0 Å². The van der Waals surface area contributed by atoms with Crippen LogP contribution in [0.1, 0.15) is 5.56 Å². The topological polar surface area (TPSA) is 23.6 Å². The van der Waals surface area contributed by atoms with Gasteiger partial charge in [-0.2, -0.15) is 0 Å². The molecule has 2 aromatic carbocycles. The summed E-state index contributed by atoms with van der Waals surface area (Å²) < 4.78 is 1.02. The third-order valence-corrected chi connectivity index (χ3v) is 4.49. The lowest BCUT2D eigenvalue weighted by molar-refractivity contribution is -0.130. The Morgan fingerprint density at radius 1 is 0.955 bits per heavy atom. The van der Waals surface area contributed by atoms with E-state index in [1.54, 1.807) is 0 Å². The lowest BCUT2D eigenvalue weighted by Crippen LogP contribution is -2.49. The average Bonchev–Trinajstić information content (AvgIpc) is 2.56. The molecule has 114 valence electrons. The van der Waals surface area contributed by atoms with Crippen LogP contribution in [0.15, 0.2) is 59.1 Å². The Balaban J connectivity index is 1.56. The monoisotopic (exact) mass is 358 g/mol. The van der Waals surface area contributed by atoms with Crippen molar-refractivity contribution in [3.05, 3.63) is 64.6 Å². The first kappa shape index (κ1) is 15.1. The number of nitrogens with zero attached hydrogens (tertiary/aromatic N) is 2. The maximum Gasteiger partial charge on any atom is 0.227 e. The maximum absolute atomic E-state index is 12.4. The highest BCUT2D eigenvalue weighted by Crippen LogP contribution is 2.17. The summed E-state index contributed by atoms with van der Waals surface area (Å²) in [6.45, 7) is 3.38. The summed E-state index contributed by atoms with van der Waals surface area (Å²) in [7, 11) is 0. The molecule has 0 aromatic heterocycles. The van der Waals surface area contributed by atoms with Gasteiger partial charge in [-0.25, -0.2) is 0 Å². The highest BCUT2D eigenvalue weighted by Gasteiger charge is 2.21. The Hall–Kier alpha value is -1.81. The molecule has 0 N–H and O–H groups in total. The van der Waals surface area contributed by atoms with E-state index >= 15 is 0 Å². The predicted octanol–water partition coefficient (Wildman–Crippen LogP) is 3.34. The van der Waals surface area contributed by atoms with Crippen molar-refractivity contribution in [2.75, 3.05) is 31.1 Å². The minimum atomic E-state index is 0.214. The van der Waals surface area contributed by atoms with Gasteiger partial charge in [0, 0.05) is 36.3 Å². The van der Waals surface area contributed by atoms with Gasteiger partial charge in [0.25, 0.3) is 0 Å². The van der Waals surface area contributed by atoms with Gasteiger partial charge >= 0.3 is 0 Å². The first-order valence-corrected chi connectivity index (χ1v) is 8.34. The van der Waals surface area contributed by atoms with Crippen LogP contribution in [0.3, 0.4) is 0 Å². The lowest BCUT2D eigenvalue weighted by Gasteiger charge is -2.36. The smallest absolute Gasteiger partial charge is 0.227 e. The summed E-state index contributed by atoms with van der Waals surface area (Å²) in [5.41, 5.74) is 2.30. The summed E-state index contributed by atoms with van der Waals surface area (Å²) >= 11 is 3.45. The molecule has 4 heteroatoms. The van der Waals surface area contributed by atoms with Gasteiger partial charge in [0.15, 0.2) is 0 Å². The van der Waals surface area contributed by atoms with Crippen LogP contribution in [0.4, 0.5) is 5.69 Å². The molecule has 1 saturated heterocycles. The number of para-hydroxylation sites is 1. The summed E-state index contributed by atoms with van der Waals surface area (Å²) in [5, 5.41) is 0. The highest BCUT2D eigenvalue weighted by atomic mass is 79.9. The molecule has 22 heavy (non-hydrogen) atoms. The molecule has 1 heterocycles. The van der Waals surface area contributed by atoms with Crippen LogP contribution in [-0.2, 0) is 11.2 Å². The van der Waals surface area contributed by atoms with Gasteiger partial charge in [-0.3, -0.25) is 4.79 Å². The van der Waals surface area contributed by atoms with Crippen molar-refractivity contribution in [3.8, 4) is 0 Å². The van der Waals surface area contributed by atoms with Crippen molar-refractivity contribution in [3.63, 3.8) is 0 Å². The fourth-order valence-corrected chi connectivity index (χ4v) is 3.23. The molecule has 3 rings (SSSR count). The van der Waals surface area contributed by atoms with Gasteiger partial charge in [-0.1, -0.05) is 46.3 Å². The van der Waals surface area contributed by atoms with Gasteiger partial charge in [-0.05, 0) is 29.8 Å². The normalized spacial score (nSPS) is 15.0. The Labute approximate surface area is 139 Å². The molecule has 1 aliphatic heterocycles. The zero-order chi connectivity index (χ0) is 15.4. The Morgan fingerprint density at radius 2 is 1.68 bits per heavy atom. The van der Waals surface area contributed by atoms with Crippen molar-refractivity contribution in [1.82, 2.24) is 4.90 Å². The number of hydrogen-bond donors (Lipinski definition) is 0. The van der Waals surface area contributed by atoms with E-state index in [-0.39, 0.29) is 5.91 Å². The molecule has 0 bridgehead atoms. The van der Waals surface area contributed by atoms with E-state index in [2.05, 4.69) is 45.1 Å². The van der Waals surface area contributed by atoms with Gasteiger partial charge in [0.2, 0.25) is 5.91 Å². The summed E-state index contributed by atoms with van der Waals surface area (Å²) in [6.07, 6.45) is 0.477. The zero-order valence-electron chi connectivity index (χ0n) is 12.4. The molecule has 1 amide bonds. The number of carbonyl (C=O) groups excluding carboxylic acids is 1. The second-order valence-corrected chi connectivity index (χ2v) is 6.43. The van der Waals surface area contributed by atoms with E-state index in [0.29, 0.717) is 6.42 Å². The minimum absolute atomic E-state index is 0.214. The van der Waals surface area contributed by atoms with Crippen LogP contribution in [0.2, 0.25) is 0 Å². The standard InChI is InChI=1S/C18H19BrN2O/c19-16-6-4-5-15(13-16)14-18(22)21-11-9-20(10-12-21)17-7-2-1-3-8-17/h1-8,13H,9-12,14H2. The van der Waals surface area contributed by atoms with Gasteiger partial charge < -0.3 is 9.80 Å². The third kappa shape index (κ3) is 3.69. The van der Waals surface area contributed by atoms with E-state index in [1.807, 2.05) is 35.2 Å². The van der Waals surface area contributed by atoms with Crippen molar-refractivity contribution >= 4 is 27.5 Å². The summed E-state index contributed by atoms with van der Waals surface area (Å²) in [5.74, 6) is 0.214. The van der Waals surface area contributed by atoms with Crippen LogP contribution in [-0.4, -0.2) is 37.0 Å². The van der Waals surface area contributed by atoms with Gasteiger partial charge in [0.05, 0.1) is 6.42 Å². The molecule has 0 spiro atoms. The molecular formula is C18H19BrN2O. The van der Waals surface area contributed by atoms with E-state index in [1.165, 1.54) is 5.69 Å². The fraction of sp³-hybridized carbons (Fsp3) is 0.278. The highest BCUT2D eigenvalue weighted by molar-refractivity contribution is 9.10. The van der Waals surface area contributed by atoms with E-state index in [4.69, 9.17) is 0 Å².